The van der Waals surface area contributed by atoms with E-state index in [1.165, 1.54) is 89.2 Å². The lowest BCUT2D eigenvalue weighted by molar-refractivity contribution is -0.117. The van der Waals surface area contributed by atoms with Gasteiger partial charge in [0, 0.05) is 6.42 Å². The summed E-state index contributed by atoms with van der Waals surface area (Å²) in [5.41, 5.74) is 0.297. The number of hydrogen-bond acceptors (Lipinski definition) is 6. The van der Waals surface area contributed by atoms with Crippen molar-refractivity contribution in [2.75, 3.05) is 5.01 Å². The van der Waals surface area contributed by atoms with Crippen LogP contribution in [-0.4, -0.2) is 30.4 Å². The number of benzene rings is 2. The Balaban J connectivity index is 1.39. The van der Waals surface area contributed by atoms with Crippen LogP contribution in [0.25, 0.3) is 0 Å². The normalized spacial score (nSPS) is 13.4. The van der Waals surface area contributed by atoms with Gasteiger partial charge in [-0.1, -0.05) is 115 Å². The molecule has 0 saturated carbocycles. The van der Waals surface area contributed by atoms with Crippen molar-refractivity contribution in [2.45, 2.75) is 121 Å². The van der Waals surface area contributed by atoms with Gasteiger partial charge in [-0.3, -0.25) is 14.1 Å². The molecular formula is C33H46N2O6S. The Morgan fingerprint density at radius 2 is 1.38 bits per heavy atom. The van der Waals surface area contributed by atoms with Crippen LogP contribution in [0.15, 0.2) is 58.5 Å². The van der Waals surface area contributed by atoms with Gasteiger partial charge in [0.05, 0.1) is 12.1 Å². The summed E-state index contributed by atoms with van der Waals surface area (Å²) in [7, 11) is -4.66. The number of para-hydroxylation sites is 1. The summed E-state index contributed by atoms with van der Waals surface area (Å²) in [6.07, 6.45) is 18.9. The van der Waals surface area contributed by atoms with Crippen LogP contribution in [0, 0.1) is 0 Å². The molecule has 0 saturated heterocycles. The van der Waals surface area contributed by atoms with Gasteiger partial charge in [0.15, 0.2) is 5.78 Å². The molecule has 0 aliphatic carbocycles. The number of ether oxygens (including phenoxy) is 1. The average molecular weight is 599 g/mol. The molecule has 1 heterocycles. The van der Waals surface area contributed by atoms with Crippen LogP contribution in [0.2, 0.25) is 0 Å². The zero-order valence-electron chi connectivity index (χ0n) is 24.9. The Morgan fingerprint density at radius 3 is 1.93 bits per heavy atom. The lowest BCUT2D eigenvalue weighted by Gasteiger charge is -2.15. The largest absolute Gasteiger partial charge is 0.456 e. The summed E-state index contributed by atoms with van der Waals surface area (Å²) in [5.74, 6) is -0.308. The molecule has 0 atom stereocenters. The second-order valence-corrected chi connectivity index (χ2v) is 12.5. The fourth-order valence-electron chi connectivity index (χ4n) is 5.12. The van der Waals surface area contributed by atoms with E-state index in [2.05, 4.69) is 12.0 Å². The Labute approximate surface area is 251 Å². The molecule has 0 fully saturated rings. The quantitative estimate of drug-likeness (QED) is 0.114. The molecule has 9 heteroatoms. The number of hydrogen-bond donors (Lipinski definition) is 1. The predicted molar refractivity (Wildman–Crippen MR) is 167 cm³/mol. The SMILES string of the molecule is CCCCCCCCCCCCCCCCCC(=O)C1=NN(c2ccc(Oc3ccccc3)c(S(=O)(=O)O)c2)C(=O)C1. The van der Waals surface area contributed by atoms with Gasteiger partial charge in [0.25, 0.3) is 16.0 Å². The minimum atomic E-state index is -4.66. The van der Waals surface area contributed by atoms with Crippen LogP contribution in [0.3, 0.4) is 0 Å². The lowest BCUT2D eigenvalue weighted by atomic mass is 10.0. The van der Waals surface area contributed by atoms with Gasteiger partial charge in [0.1, 0.15) is 22.1 Å². The van der Waals surface area contributed by atoms with Crippen LogP contribution in [0.1, 0.15) is 116 Å². The highest BCUT2D eigenvalue weighted by Crippen LogP contribution is 2.33. The third kappa shape index (κ3) is 11.3. The van der Waals surface area contributed by atoms with Crippen LogP contribution < -0.4 is 9.75 Å². The second-order valence-electron chi connectivity index (χ2n) is 11.1. The average Bonchev–Trinajstić information content (AvgIpc) is 3.36. The fraction of sp³-hybridized carbons (Fsp3) is 0.545. The number of unbranched alkanes of at least 4 members (excludes halogenated alkanes) is 14. The monoisotopic (exact) mass is 598 g/mol. The minimum absolute atomic E-state index is 0.0902. The molecule has 2 aromatic rings. The highest BCUT2D eigenvalue weighted by molar-refractivity contribution is 7.86. The summed E-state index contributed by atoms with van der Waals surface area (Å²) in [4.78, 5) is 24.9. The zero-order valence-corrected chi connectivity index (χ0v) is 25.7. The van der Waals surface area contributed by atoms with E-state index in [0.717, 1.165) is 30.3 Å². The molecule has 230 valence electrons. The highest BCUT2D eigenvalue weighted by atomic mass is 32.2. The number of anilines is 1. The Bertz CT molecular complexity index is 1280. The van der Waals surface area contributed by atoms with Crippen molar-refractivity contribution >= 4 is 33.2 Å². The van der Waals surface area contributed by atoms with Crippen molar-refractivity contribution < 1.29 is 27.3 Å². The molecule has 1 aliphatic heterocycles. The van der Waals surface area contributed by atoms with Crippen molar-refractivity contribution in [1.29, 1.82) is 0 Å². The van der Waals surface area contributed by atoms with E-state index >= 15 is 0 Å². The summed E-state index contributed by atoms with van der Waals surface area (Å²) in [5, 5.41) is 5.21. The van der Waals surface area contributed by atoms with Crippen LogP contribution in [0.5, 0.6) is 11.5 Å². The van der Waals surface area contributed by atoms with Gasteiger partial charge in [0.2, 0.25) is 0 Å². The molecule has 3 rings (SSSR count). The predicted octanol–water partition coefficient (Wildman–Crippen LogP) is 8.65. The molecule has 42 heavy (non-hydrogen) atoms. The molecule has 0 radical (unpaired) electrons. The van der Waals surface area contributed by atoms with Crippen molar-refractivity contribution in [1.82, 2.24) is 0 Å². The Hall–Kier alpha value is -3.04. The van der Waals surface area contributed by atoms with Gasteiger partial charge in [-0.25, -0.2) is 0 Å². The smallest absolute Gasteiger partial charge is 0.298 e. The summed E-state index contributed by atoms with van der Waals surface area (Å²) in [6.45, 7) is 2.25. The van der Waals surface area contributed by atoms with E-state index < -0.39 is 20.9 Å². The van der Waals surface area contributed by atoms with Crippen molar-refractivity contribution in [2.24, 2.45) is 5.10 Å². The summed E-state index contributed by atoms with van der Waals surface area (Å²) in [6, 6.07) is 12.5. The fourth-order valence-corrected chi connectivity index (χ4v) is 5.75. The third-order valence-electron chi connectivity index (χ3n) is 7.53. The van der Waals surface area contributed by atoms with Gasteiger partial charge in [-0.2, -0.15) is 18.5 Å². The maximum Gasteiger partial charge on any atom is 0.298 e. The molecule has 2 aromatic carbocycles. The standard InChI is InChI=1S/C33H46N2O6S/c1-2-3-4-5-6-7-8-9-10-11-12-13-14-15-19-22-30(36)29-26-33(37)35(34-29)27-23-24-31(32(25-27)42(38,39)40)41-28-20-17-16-18-21-28/h16-18,20-21,23-25H,2-15,19,22,26H2,1H3,(H,38,39,40). The van der Waals surface area contributed by atoms with Gasteiger partial charge >= 0.3 is 0 Å². The van der Waals surface area contributed by atoms with E-state index in [1.807, 2.05) is 0 Å². The van der Waals surface area contributed by atoms with Crippen LogP contribution >= 0.6 is 0 Å². The molecule has 0 unspecified atom stereocenters. The van der Waals surface area contributed by atoms with Crippen LogP contribution in [-0.2, 0) is 19.7 Å². The molecule has 1 amide bonds. The first-order chi connectivity index (χ1) is 20.3. The first-order valence-corrected chi connectivity index (χ1v) is 17.0. The number of rotatable bonds is 21. The van der Waals surface area contributed by atoms with Crippen molar-refractivity contribution in [3.8, 4) is 11.5 Å². The van der Waals surface area contributed by atoms with E-state index in [1.54, 1.807) is 30.3 Å². The van der Waals surface area contributed by atoms with Gasteiger partial charge < -0.3 is 4.74 Å². The zero-order chi connectivity index (χ0) is 30.2. The molecule has 0 bridgehead atoms. The molecule has 1 N–H and O–H groups in total. The minimum Gasteiger partial charge on any atom is -0.456 e. The lowest BCUT2D eigenvalue weighted by Crippen LogP contribution is -2.20. The van der Waals surface area contributed by atoms with E-state index in [9.17, 15) is 22.6 Å². The number of ketones is 1. The first kappa shape index (κ1) is 33.5. The highest BCUT2D eigenvalue weighted by Gasteiger charge is 2.30. The van der Waals surface area contributed by atoms with Gasteiger partial charge in [-0.05, 0) is 36.8 Å². The topological polar surface area (TPSA) is 113 Å². The van der Waals surface area contributed by atoms with Crippen LogP contribution in [0.4, 0.5) is 5.69 Å². The maximum absolute atomic E-state index is 12.7. The first-order valence-electron chi connectivity index (χ1n) is 15.6. The number of carbonyl (C=O) groups excluding carboxylic acids is 2. The Kier molecular flexibility index (Phi) is 14.2. The molecule has 0 aromatic heterocycles. The number of hydrazone groups is 1. The van der Waals surface area contributed by atoms with E-state index in [-0.39, 0.29) is 29.4 Å². The summed E-state index contributed by atoms with van der Waals surface area (Å²) < 4.78 is 39.5. The molecular weight excluding hydrogens is 552 g/mol. The number of carbonyl (C=O) groups is 2. The molecule has 1 aliphatic rings. The van der Waals surface area contributed by atoms with E-state index in [0.29, 0.717) is 12.2 Å². The summed E-state index contributed by atoms with van der Waals surface area (Å²) >= 11 is 0. The van der Waals surface area contributed by atoms with E-state index in [4.69, 9.17) is 4.74 Å². The molecule has 0 spiro atoms. The second kappa shape index (κ2) is 17.8. The third-order valence-corrected chi connectivity index (χ3v) is 8.40. The molecule has 8 nitrogen and oxygen atoms in total. The van der Waals surface area contributed by atoms with Gasteiger partial charge in [-0.15, -0.1) is 0 Å². The van der Waals surface area contributed by atoms with Crippen molar-refractivity contribution in [3.63, 3.8) is 0 Å². The number of nitrogens with zero attached hydrogens (tertiary/aromatic N) is 2. The number of Topliss-reactive ketones (excluding diaryl/α,β-unsaturated/α-hetero) is 1. The Morgan fingerprint density at radius 1 is 0.833 bits per heavy atom. The maximum atomic E-state index is 12.7. The number of amides is 1. The van der Waals surface area contributed by atoms with Crippen molar-refractivity contribution in [3.05, 3.63) is 48.5 Å².